The average molecular weight is 265 g/mol. The van der Waals surface area contributed by atoms with Crippen molar-refractivity contribution in [2.75, 3.05) is 12.4 Å². The van der Waals surface area contributed by atoms with Gasteiger partial charge in [0, 0.05) is 10.9 Å². The SMILES string of the molecule is C[C@H](CO)NC(=O)CSc1ccc2c(c1)CCC2. The molecule has 18 heavy (non-hydrogen) atoms. The quantitative estimate of drug-likeness (QED) is 0.798. The van der Waals surface area contributed by atoms with E-state index in [1.807, 2.05) is 0 Å². The van der Waals surface area contributed by atoms with Crippen LogP contribution in [-0.4, -0.2) is 29.4 Å². The zero-order chi connectivity index (χ0) is 13.0. The minimum Gasteiger partial charge on any atom is -0.394 e. The number of carbonyl (C=O) groups excluding carboxylic acids is 1. The number of hydrogen-bond donors (Lipinski definition) is 2. The maximum absolute atomic E-state index is 11.6. The molecule has 0 fully saturated rings. The lowest BCUT2D eigenvalue weighted by molar-refractivity contribution is -0.119. The van der Waals surface area contributed by atoms with Crippen molar-refractivity contribution in [2.45, 2.75) is 37.1 Å². The van der Waals surface area contributed by atoms with Crippen LogP contribution in [0.25, 0.3) is 0 Å². The number of aryl methyl sites for hydroxylation is 2. The van der Waals surface area contributed by atoms with Crippen molar-refractivity contribution in [3.05, 3.63) is 29.3 Å². The fourth-order valence-corrected chi connectivity index (χ4v) is 2.92. The molecule has 1 aromatic carbocycles. The summed E-state index contributed by atoms with van der Waals surface area (Å²) in [6.07, 6.45) is 3.60. The van der Waals surface area contributed by atoms with Gasteiger partial charge in [-0.1, -0.05) is 6.07 Å². The fourth-order valence-electron chi connectivity index (χ4n) is 2.15. The summed E-state index contributed by atoms with van der Waals surface area (Å²) in [5, 5.41) is 11.6. The van der Waals surface area contributed by atoms with E-state index < -0.39 is 0 Å². The van der Waals surface area contributed by atoms with Crippen LogP contribution in [-0.2, 0) is 17.6 Å². The van der Waals surface area contributed by atoms with Crippen molar-refractivity contribution in [3.63, 3.8) is 0 Å². The number of benzene rings is 1. The summed E-state index contributed by atoms with van der Waals surface area (Å²) in [6, 6.07) is 6.31. The summed E-state index contributed by atoms with van der Waals surface area (Å²) < 4.78 is 0. The molecular formula is C14H19NO2S. The standard InChI is InChI=1S/C14H19NO2S/c1-10(8-16)15-14(17)9-18-13-6-5-11-3-2-4-12(11)7-13/h5-7,10,16H,2-4,8-9H2,1H3,(H,15,17)/t10-/m1/s1. The van der Waals surface area contributed by atoms with Crippen molar-refractivity contribution < 1.29 is 9.90 Å². The largest absolute Gasteiger partial charge is 0.394 e. The molecule has 2 rings (SSSR count). The minimum atomic E-state index is -0.168. The van der Waals surface area contributed by atoms with Crippen LogP contribution in [0.1, 0.15) is 24.5 Å². The van der Waals surface area contributed by atoms with E-state index >= 15 is 0 Å². The van der Waals surface area contributed by atoms with Gasteiger partial charge in [0.1, 0.15) is 0 Å². The first-order valence-electron chi connectivity index (χ1n) is 6.34. The van der Waals surface area contributed by atoms with Gasteiger partial charge in [-0.15, -0.1) is 11.8 Å². The Morgan fingerprint density at radius 1 is 1.44 bits per heavy atom. The molecular weight excluding hydrogens is 246 g/mol. The Bertz CT molecular complexity index is 434. The smallest absolute Gasteiger partial charge is 0.230 e. The van der Waals surface area contributed by atoms with E-state index in [-0.39, 0.29) is 18.6 Å². The Morgan fingerprint density at radius 3 is 3.00 bits per heavy atom. The number of thioether (sulfide) groups is 1. The van der Waals surface area contributed by atoms with Gasteiger partial charge in [0.05, 0.1) is 12.4 Å². The van der Waals surface area contributed by atoms with E-state index in [0.717, 1.165) is 11.3 Å². The van der Waals surface area contributed by atoms with E-state index in [0.29, 0.717) is 5.75 Å². The Hall–Kier alpha value is -1.00. The monoisotopic (exact) mass is 265 g/mol. The second kappa shape index (κ2) is 6.25. The number of nitrogens with one attached hydrogen (secondary N) is 1. The average Bonchev–Trinajstić information content (AvgIpc) is 2.83. The summed E-state index contributed by atoms with van der Waals surface area (Å²) in [5.41, 5.74) is 2.89. The van der Waals surface area contributed by atoms with Crippen molar-refractivity contribution in [1.29, 1.82) is 0 Å². The van der Waals surface area contributed by atoms with Crippen LogP contribution in [0, 0.1) is 0 Å². The lowest BCUT2D eigenvalue weighted by Crippen LogP contribution is -2.36. The predicted octanol–water partition coefficient (Wildman–Crippen LogP) is 1.76. The third-order valence-corrected chi connectivity index (χ3v) is 4.11. The molecule has 0 aromatic heterocycles. The number of amides is 1. The maximum Gasteiger partial charge on any atom is 0.230 e. The van der Waals surface area contributed by atoms with Gasteiger partial charge >= 0.3 is 0 Å². The van der Waals surface area contributed by atoms with Crippen LogP contribution in [0.5, 0.6) is 0 Å². The molecule has 1 aliphatic carbocycles. The number of rotatable bonds is 5. The van der Waals surface area contributed by atoms with Gasteiger partial charge in [0.15, 0.2) is 0 Å². The van der Waals surface area contributed by atoms with Crippen LogP contribution in [0.4, 0.5) is 0 Å². The van der Waals surface area contributed by atoms with Crippen molar-refractivity contribution in [1.82, 2.24) is 5.32 Å². The van der Waals surface area contributed by atoms with Crippen molar-refractivity contribution in [2.24, 2.45) is 0 Å². The van der Waals surface area contributed by atoms with Gasteiger partial charge in [0.25, 0.3) is 0 Å². The van der Waals surface area contributed by atoms with Gasteiger partial charge < -0.3 is 10.4 Å². The highest BCUT2D eigenvalue weighted by atomic mass is 32.2. The second-order valence-corrected chi connectivity index (χ2v) is 5.77. The summed E-state index contributed by atoms with van der Waals surface area (Å²) in [7, 11) is 0. The first-order chi connectivity index (χ1) is 8.69. The molecule has 0 bridgehead atoms. The molecule has 0 unspecified atom stereocenters. The van der Waals surface area contributed by atoms with Crippen LogP contribution in [0.2, 0.25) is 0 Å². The lowest BCUT2D eigenvalue weighted by Gasteiger charge is -2.10. The van der Waals surface area contributed by atoms with Crippen LogP contribution in [0.3, 0.4) is 0 Å². The molecule has 4 heteroatoms. The van der Waals surface area contributed by atoms with E-state index in [1.54, 1.807) is 18.7 Å². The third-order valence-electron chi connectivity index (χ3n) is 3.12. The molecule has 0 aliphatic heterocycles. The molecule has 0 saturated carbocycles. The molecule has 98 valence electrons. The van der Waals surface area contributed by atoms with Crippen LogP contribution in [0.15, 0.2) is 23.1 Å². The lowest BCUT2D eigenvalue weighted by atomic mass is 10.1. The van der Waals surface area contributed by atoms with Crippen molar-refractivity contribution in [3.8, 4) is 0 Å². The molecule has 0 radical (unpaired) electrons. The number of hydrogen-bond acceptors (Lipinski definition) is 3. The number of aliphatic hydroxyl groups excluding tert-OH is 1. The molecule has 0 saturated heterocycles. The summed E-state index contributed by atoms with van der Waals surface area (Å²) in [5.74, 6) is 0.380. The highest BCUT2D eigenvalue weighted by Crippen LogP contribution is 2.27. The van der Waals surface area contributed by atoms with Gasteiger partial charge in [-0.3, -0.25) is 4.79 Å². The minimum absolute atomic E-state index is 0.0186. The highest BCUT2D eigenvalue weighted by molar-refractivity contribution is 8.00. The van der Waals surface area contributed by atoms with E-state index in [4.69, 9.17) is 5.11 Å². The second-order valence-electron chi connectivity index (χ2n) is 4.72. The van der Waals surface area contributed by atoms with Gasteiger partial charge in [-0.25, -0.2) is 0 Å². The molecule has 3 nitrogen and oxygen atoms in total. The normalized spacial score (nSPS) is 15.2. The molecule has 1 atom stereocenters. The molecule has 1 aliphatic rings. The summed E-state index contributed by atoms with van der Waals surface area (Å²) in [6.45, 7) is 1.77. The first kappa shape index (κ1) is 13.4. The summed E-state index contributed by atoms with van der Waals surface area (Å²) in [4.78, 5) is 12.7. The van der Waals surface area contributed by atoms with E-state index in [9.17, 15) is 4.79 Å². The van der Waals surface area contributed by atoms with E-state index in [2.05, 4.69) is 23.5 Å². The predicted molar refractivity (Wildman–Crippen MR) is 73.9 cm³/mol. The Balaban J connectivity index is 1.85. The van der Waals surface area contributed by atoms with Crippen molar-refractivity contribution >= 4 is 17.7 Å². The Labute approximate surface area is 112 Å². The number of aliphatic hydroxyl groups is 1. The van der Waals surface area contributed by atoms with Gasteiger partial charge in [0.2, 0.25) is 5.91 Å². The van der Waals surface area contributed by atoms with Gasteiger partial charge in [-0.2, -0.15) is 0 Å². The zero-order valence-corrected chi connectivity index (χ0v) is 11.4. The van der Waals surface area contributed by atoms with Gasteiger partial charge in [-0.05, 0) is 49.4 Å². The third kappa shape index (κ3) is 3.50. The van der Waals surface area contributed by atoms with Crippen LogP contribution >= 0.6 is 11.8 Å². The molecule has 2 N–H and O–H groups in total. The first-order valence-corrected chi connectivity index (χ1v) is 7.32. The highest BCUT2D eigenvalue weighted by Gasteiger charge is 2.12. The number of fused-ring (bicyclic) bond motifs is 1. The molecule has 1 amide bonds. The zero-order valence-electron chi connectivity index (χ0n) is 10.6. The molecule has 1 aromatic rings. The Kier molecular flexibility index (Phi) is 4.66. The number of carbonyl (C=O) groups is 1. The van der Waals surface area contributed by atoms with Crippen LogP contribution < -0.4 is 5.32 Å². The molecule has 0 spiro atoms. The maximum atomic E-state index is 11.6. The topological polar surface area (TPSA) is 49.3 Å². The fraction of sp³-hybridized carbons (Fsp3) is 0.500. The van der Waals surface area contributed by atoms with E-state index in [1.165, 1.54) is 24.0 Å². The summed E-state index contributed by atoms with van der Waals surface area (Å²) >= 11 is 1.55. The molecule has 0 heterocycles. The Morgan fingerprint density at radius 2 is 2.22 bits per heavy atom.